The van der Waals surface area contributed by atoms with E-state index < -0.39 is 5.97 Å². The lowest BCUT2D eigenvalue weighted by Gasteiger charge is -2.09. The monoisotopic (exact) mass is 345 g/mol. The van der Waals surface area contributed by atoms with Gasteiger partial charge >= 0.3 is 5.97 Å². The van der Waals surface area contributed by atoms with Crippen LogP contribution >= 0.6 is 0 Å². The molecule has 0 unspecified atom stereocenters. The lowest BCUT2D eigenvalue weighted by molar-refractivity contribution is -0.142. The van der Waals surface area contributed by atoms with Crippen LogP contribution in [0.3, 0.4) is 0 Å². The molecule has 0 aliphatic rings. The molecule has 0 spiro atoms. The van der Waals surface area contributed by atoms with Gasteiger partial charge in [-0.2, -0.15) is 0 Å². The minimum absolute atomic E-state index is 0.118. The van der Waals surface area contributed by atoms with E-state index in [4.69, 9.17) is 14.2 Å². The van der Waals surface area contributed by atoms with E-state index >= 15 is 0 Å². The molecule has 0 atom stereocenters. The summed E-state index contributed by atoms with van der Waals surface area (Å²) >= 11 is 0. The van der Waals surface area contributed by atoms with Crippen molar-refractivity contribution in [1.82, 2.24) is 0 Å². The molecule has 7 nitrogen and oxygen atoms in total. The van der Waals surface area contributed by atoms with Crippen LogP contribution in [-0.2, 0) is 14.3 Å². The Hall–Kier alpha value is -3.22. The summed E-state index contributed by atoms with van der Waals surface area (Å²) in [5, 5.41) is 2.70. The summed E-state index contributed by atoms with van der Waals surface area (Å²) in [4.78, 5) is 22.9. The standard InChI is InChI=1S/C18H19NO6/c1-22-14-7-9-16(10-8-14)24-11-17(20)19-13-3-5-15(6-4-13)25-12-18(21)23-2/h3-10H,11-12H2,1-2H3,(H,19,20). The van der Waals surface area contributed by atoms with E-state index in [2.05, 4.69) is 10.1 Å². The fourth-order valence-corrected chi connectivity index (χ4v) is 1.85. The third kappa shape index (κ3) is 6.06. The molecular weight excluding hydrogens is 326 g/mol. The molecule has 2 rings (SSSR count). The van der Waals surface area contributed by atoms with Gasteiger partial charge in [-0.25, -0.2) is 4.79 Å². The Balaban J connectivity index is 1.78. The fraction of sp³-hybridized carbons (Fsp3) is 0.222. The second-order valence-corrected chi connectivity index (χ2v) is 4.90. The maximum Gasteiger partial charge on any atom is 0.343 e. The number of hydrogen-bond donors (Lipinski definition) is 1. The van der Waals surface area contributed by atoms with Crippen LogP contribution < -0.4 is 19.5 Å². The van der Waals surface area contributed by atoms with Crippen molar-refractivity contribution in [1.29, 1.82) is 0 Å². The van der Waals surface area contributed by atoms with E-state index in [1.807, 2.05) is 0 Å². The molecule has 0 aromatic heterocycles. The quantitative estimate of drug-likeness (QED) is 0.739. The van der Waals surface area contributed by atoms with Gasteiger partial charge in [0.05, 0.1) is 14.2 Å². The van der Waals surface area contributed by atoms with Crippen LogP contribution in [0.1, 0.15) is 0 Å². The van der Waals surface area contributed by atoms with Gasteiger partial charge in [0, 0.05) is 5.69 Å². The van der Waals surface area contributed by atoms with Gasteiger partial charge in [-0.05, 0) is 48.5 Å². The number of benzene rings is 2. The number of amides is 1. The van der Waals surface area contributed by atoms with E-state index in [1.54, 1.807) is 55.6 Å². The second-order valence-electron chi connectivity index (χ2n) is 4.90. The molecule has 0 radical (unpaired) electrons. The van der Waals surface area contributed by atoms with Crippen LogP contribution in [0.25, 0.3) is 0 Å². The molecule has 1 amide bonds. The molecular formula is C18H19NO6. The number of carbonyl (C=O) groups excluding carboxylic acids is 2. The molecule has 2 aromatic rings. The third-order valence-corrected chi connectivity index (χ3v) is 3.15. The van der Waals surface area contributed by atoms with Gasteiger partial charge < -0.3 is 24.3 Å². The largest absolute Gasteiger partial charge is 0.497 e. The molecule has 0 aliphatic carbocycles. The van der Waals surface area contributed by atoms with E-state index in [-0.39, 0.29) is 19.1 Å². The molecule has 0 aliphatic heterocycles. The molecule has 0 heterocycles. The first-order valence-corrected chi connectivity index (χ1v) is 7.47. The van der Waals surface area contributed by atoms with Gasteiger partial charge in [0.2, 0.25) is 0 Å². The second kappa shape index (κ2) is 9.17. The number of anilines is 1. The molecule has 132 valence electrons. The predicted molar refractivity (Wildman–Crippen MR) is 91.1 cm³/mol. The van der Waals surface area contributed by atoms with Crippen LogP contribution in [0.15, 0.2) is 48.5 Å². The molecule has 0 bridgehead atoms. The van der Waals surface area contributed by atoms with Crippen molar-refractivity contribution in [3.8, 4) is 17.2 Å². The van der Waals surface area contributed by atoms with Crippen LogP contribution in [-0.4, -0.2) is 39.3 Å². The minimum Gasteiger partial charge on any atom is -0.497 e. The molecule has 0 saturated carbocycles. The average Bonchev–Trinajstić information content (AvgIpc) is 2.66. The highest BCUT2D eigenvalue weighted by Gasteiger charge is 2.05. The zero-order valence-corrected chi connectivity index (χ0v) is 14.0. The van der Waals surface area contributed by atoms with E-state index in [1.165, 1.54) is 7.11 Å². The van der Waals surface area contributed by atoms with Crippen molar-refractivity contribution in [2.45, 2.75) is 0 Å². The zero-order chi connectivity index (χ0) is 18.1. The lowest BCUT2D eigenvalue weighted by Crippen LogP contribution is -2.20. The van der Waals surface area contributed by atoms with Gasteiger partial charge in [0.1, 0.15) is 17.2 Å². The number of esters is 1. The van der Waals surface area contributed by atoms with Crippen LogP contribution in [0.4, 0.5) is 5.69 Å². The number of ether oxygens (including phenoxy) is 4. The van der Waals surface area contributed by atoms with Crippen molar-refractivity contribution in [3.05, 3.63) is 48.5 Å². The van der Waals surface area contributed by atoms with Gasteiger partial charge in [0.15, 0.2) is 13.2 Å². The molecule has 25 heavy (non-hydrogen) atoms. The van der Waals surface area contributed by atoms with E-state index in [0.717, 1.165) is 0 Å². The van der Waals surface area contributed by atoms with Crippen molar-refractivity contribution < 1.29 is 28.5 Å². The molecule has 0 fully saturated rings. The number of hydrogen-bond acceptors (Lipinski definition) is 6. The SMILES string of the molecule is COC(=O)COc1ccc(NC(=O)COc2ccc(OC)cc2)cc1. The first kappa shape index (κ1) is 18.1. The van der Waals surface area contributed by atoms with Gasteiger partial charge in [-0.15, -0.1) is 0 Å². The molecule has 7 heteroatoms. The predicted octanol–water partition coefficient (Wildman–Crippen LogP) is 2.26. The Labute approximate surface area is 145 Å². The van der Waals surface area contributed by atoms with Crippen LogP contribution in [0, 0.1) is 0 Å². The Bertz CT molecular complexity index is 697. The Kier molecular flexibility index (Phi) is 6.65. The van der Waals surface area contributed by atoms with Gasteiger partial charge in [-0.3, -0.25) is 4.79 Å². The van der Waals surface area contributed by atoms with Crippen molar-refractivity contribution in [2.24, 2.45) is 0 Å². The van der Waals surface area contributed by atoms with Crippen molar-refractivity contribution in [2.75, 3.05) is 32.8 Å². The van der Waals surface area contributed by atoms with Crippen molar-refractivity contribution >= 4 is 17.6 Å². The van der Waals surface area contributed by atoms with Crippen molar-refractivity contribution in [3.63, 3.8) is 0 Å². The summed E-state index contributed by atoms with van der Waals surface area (Å²) in [7, 11) is 2.87. The number of carbonyl (C=O) groups is 2. The third-order valence-electron chi connectivity index (χ3n) is 3.15. The van der Waals surface area contributed by atoms with E-state index in [0.29, 0.717) is 22.9 Å². The highest BCUT2D eigenvalue weighted by Crippen LogP contribution is 2.18. The van der Waals surface area contributed by atoms with Crippen LogP contribution in [0.2, 0.25) is 0 Å². The minimum atomic E-state index is -0.465. The summed E-state index contributed by atoms with van der Waals surface area (Å²) in [5.41, 5.74) is 0.591. The smallest absolute Gasteiger partial charge is 0.343 e. The molecule has 1 N–H and O–H groups in total. The fourth-order valence-electron chi connectivity index (χ4n) is 1.85. The number of nitrogens with one attached hydrogen (secondary N) is 1. The Morgan fingerprint density at radius 2 is 1.32 bits per heavy atom. The van der Waals surface area contributed by atoms with Gasteiger partial charge in [-0.1, -0.05) is 0 Å². The van der Waals surface area contributed by atoms with E-state index in [9.17, 15) is 9.59 Å². The highest BCUT2D eigenvalue weighted by atomic mass is 16.6. The topological polar surface area (TPSA) is 83.1 Å². The summed E-state index contributed by atoms with van der Waals surface area (Å²) in [5.74, 6) is 1.03. The van der Waals surface area contributed by atoms with Crippen LogP contribution in [0.5, 0.6) is 17.2 Å². The Morgan fingerprint density at radius 3 is 1.88 bits per heavy atom. The highest BCUT2D eigenvalue weighted by molar-refractivity contribution is 5.91. The maximum atomic E-state index is 11.9. The Morgan fingerprint density at radius 1 is 0.800 bits per heavy atom. The first-order valence-electron chi connectivity index (χ1n) is 7.47. The van der Waals surface area contributed by atoms with Gasteiger partial charge in [0.25, 0.3) is 5.91 Å². The molecule has 2 aromatic carbocycles. The summed E-state index contributed by atoms with van der Waals surface area (Å²) in [6.07, 6.45) is 0. The molecule has 0 saturated heterocycles. The average molecular weight is 345 g/mol. The summed E-state index contributed by atoms with van der Waals surface area (Å²) < 4.78 is 20.1. The summed E-state index contributed by atoms with van der Waals surface area (Å²) in [6, 6.07) is 13.6. The number of methoxy groups -OCH3 is 2. The summed E-state index contributed by atoms with van der Waals surface area (Å²) in [6.45, 7) is -0.287. The lowest BCUT2D eigenvalue weighted by atomic mass is 10.3. The normalized spacial score (nSPS) is 9.84. The maximum absolute atomic E-state index is 11.9. The number of rotatable bonds is 8. The zero-order valence-electron chi connectivity index (χ0n) is 14.0. The first-order chi connectivity index (χ1) is 12.1.